The Morgan fingerprint density at radius 1 is 1.21 bits per heavy atom. The number of piperidine rings is 1. The summed E-state index contributed by atoms with van der Waals surface area (Å²) in [6.07, 6.45) is 3.33. The van der Waals surface area contributed by atoms with Crippen LogP contribution in [0.15, 0.2) is 18.2 Å². The Labute approximate surface area is 164 Å². The van der Waals surface area contributed by atoms with Gasteiger partial charge in [0.15, 0.2) is 0 Å². The van der Waals surface area contributed by atoms with Crippen molar-refractivity contribution in [2.75, 3.05) is 32.8 Å². The van der Waals surface area contributed by atoms with Gasteiger partial charge in [-0.2, -0.15) is 0 Å². The number of likely N-dealkylation sites (tertiary alicyclic amines) is 2. The van der Waals surface area contributed by atoms with Gasteiger partial charge in [0.1, 0.15) is 17.7 Å². The molecule has 2 N–H and O–H groups in total. The molecule has 1 aromatic carbocycles. The standard InChI is InChI=1S/C21H29F2N3O2/c1-14(27)26-9-6-21(13-26)4-7-25(8-5-21)16-11-19(24)20(28-12-16)17-10-15(22)2-3-18(17)23/h2-3,10,16,19-20H,4-9,11-13,24H2,1H3. The first kappa shape index (κ1) is 19.7. The molecule has 3 aliphatic heterocycles. The van der Waals surface area contributed by atoms with Crippen LogP contribution in [0, 0.1) is 17.0 Å². The monoisotopic (exact) mass is 393 g/mol. The van der Waals surface area contributed by atoms with Crippen LogP contribution in [-0.4, -0.2) is 60.6 Å². The second kappa shape index (κ2) is 7.69. The van der Waals surface area contributed by atoms with E-state index in [9.17, 15) is 13.6 Å². The van der Waals surface area contributed by atoms with E-state index < -0.39 is 17.7 Å². The van der Waals surface area contributed by atoms with Crippen LogP contribution < -0.4 is 5.73 Å². The van der Waals surface area contributed by atoms with Gasteiger partial charge in [0.25, 0.3) is 0 Å². The number of benzene rings is 1. The molecule has 0 aromatic heterocycles. The molecule has 3 heterocycles. The van der Waals surface area contributed by atoms with Crippen LogP contribution in [0.2, 0.25) is 0 Å². The zero-order valence-electron chi connectivity index (χ0n) is 16.4. The number of ether oxygens (including phenoxy) is 1. The molecule has 1 amide bonds. The van der Waals surface area contributed by atoms with Crippen LogP contribution in [0.25, 0.3) is 0 Å². The van der Waals surface area contributed by atoms with Gasteiger partial charge in [0.2, 0.25) is 5.91 Å². The summed E-state index contributed by atoms with van der Waals surface area (Å²) in [4.78, 5) is 16.0. The molecule has 3 aliphatic rings. The van der Waals surface area contributed by atoms with Crippen molar-refractivity contribution in [3.05, 3.63) is 35.4 Å². The van der Waals surface area contributed by atoms with E-state index in [-0.39, 0.29) is 29.0 Å². The molecule has 0 bridgehead atoms. The van der Waals surface area contributed by atoms with Crippen LogP contribution in [0.3, 0.4) is 0 Å². The number of amides is 1. The second-order valence-electron chi connectivity index (χ2n) is 8.70. The molecule has 3 fully saturated rings. The van der Waals surface area contributed by atoms with Crippen molar-refractivity contribution in [3.8, 4) is 0 Å². The third-order valence-electron chi connectivity index (χ3n) is 6.92. The van der Waals surface area contributed by atoms with Crippen molar-refractivity contribution in [1.29, 1.82) is 0 Å². The van der Waals surface area contributed by atoms with Gasteiger partial charge in [-0.15, -0.1) is 0 Å². The molecule has 1 aromatic rings. The first-order chi connectivity index (χ1) is 13.4. The second-order valence-corrected chi connectivity index (χ2v) is 8.70. The minimum Gasteiger partial charge on any atom is -0.370 e. The SMILES string of the molecule is CC(=O)N1CCC2(CCN(C3COC(c4cc(F)ccc4F)C(N)C3)CC2)C1. The highest BCUT2D eigenvalue weighted by molar-refractivity contribution is 5.73. The van der Waals surface area contributed by atoms with Gasteiger partial charge in [-0.3, -0.25) is 9.69 Å². The van der Waals surface area contributed by atoms with Crippen molar-refractivity contribution >= 4 is 5.91 Å². The molecule has 0 aliphatic carbocycles. The Morgan fingerprint density at radius 2 is 1.93 bits per heavy atom. The van der Waals surface area contributed by atoms with Crippen LogP contribution in [0.4, 0.5) is 8.78 Å². The van der Waals surface area contributed by atoms with Crippen molar-refractivity contribution in [1.82, 2.24) is 9.80 Å². The highest BCUT2D eigenvalue weighted by atomic mass is 19.1. The Hall–Kier alpha value is -1.57. The number of hydrogen-bond acceptors (Lipinski definition) is 4. The predicted molar refractivity (Wildman–Crippen MR) is 102 cm³/mol. The Kier molecular flexibility index (Phi) is 5.42. The number of nitrogens with two attached hydrogens (primary N) is 1. The van der Waals surface area contributed by atoms with Gasteiger partial charge >= 0.3 is 0 Å². The van der Waals surface area contributed by atoms with E-state index in [4.69, 9.17) is 10.5 Å². The lowest BCUT2D eigenvalue weighted by Gasteiger charge is -2.45. The molecule has 28 heavy (non-hydrogen) atoms. The molecule has 3 unspecified atom stereocenters. The summed E-state index contributed by atoms with van der Waals surface area (Å²) in [5.41, 5.74) is 6.77. The fourth-order valence-electron chi connectivity index (χ4n) is 5.13. The van der Waals surface area contributed by atoms with Gasteiger partial charge in [-0.25, -0.2) is 8.78 Å². The van der Waals surface area contributed by atoms with Gasteiger partial charge < -0.3 is 15.4 Å². The summed E-state index contributed by atoms with van der Waals surface area (Å²) in [5, 5.41) is 0. The van der Waals surface area contributed by atoms with E-state index >= 15 is 0 Å². The molecule has 4 rings (SSSR count). The first-order valence-electron chi connectivity index (χ1n) is 10.2. The van der Waals surface area contributed by atoms with Gasteiger partial charge in [-0.1, -0.05) is 0 Å². The highest BCUT2D eigenvalue weighted by Gasteiger charge is 2.43. The van der Waals surface area contributed by atoms with Crippen LogP contribution in [0.5, 0.6) is 0 Å². The summed E-state index contributed by atoms with van der Waals surface area (Å²) in [5.74, 6) is -0.787. The maximum atomic E-state index is 14.1. The average molecular weight is 393 g/mol. The molecule has 3 saturated heterocycles. The molecule has 7 heteroatoms. The summed E-state index contributed by atoms with van der Waals surface area (Å²) in [6.45, 7) is 5.79. The quantitative estimate of drug-likeness (QED) is 0.839. The molecule has 3 atom stereocenters. The molecule has 154 valence electrons. The van der Waals surface area contributed by atoms with Gasteiger partial charge in [0, 0.05) is 37.7 Å². The lowest BCUT2D eigenvalue weighted by molar-refractivity contribution is -0.128. The zero-order chi connectivity index (χ0) is 19.9. The molecule has 0 radical (unpaired) electrons. The lowest BCUT2D eigenvalue weighted by atomic mass is 9.77. The van der Waals surface area contributed by atoms with Crippen LogP contribution in [0.1, 0.15) is 44.3 Å². The summed E-state index contributed by atoms with van der Waals surface area (Å²) in [7, 11) is 0. The highest BCUT2D eigenvalue weighted by Crippen LogP contribution is 2.41. The normalized spacial score (nSPS) is 30.7. The van der Waals surface area contributed by atoms with E-state index in [1.165, 1.54) is 6.07 Å². The van der Waals surface area contributed by atoms with E-state index in [1.807, 2.05) is 4.90 Å². The van der Waals surface area contributed by atoms with E-state index in [0.717, 1.165) is 57.6 Å². The minimum atomic E-state index is -0.609. The molecule has 5 nitrogen and oxygen atoms in total. The fraction of sp³-hybridized carbons (Fsp3) is 0.667. The Morgan fingerprint density at radius 3 is 2.57 bits per heavy atom. The maximum Gasteiger partial charge on any atom is 0.219 e. The predicted octanol–water partition coefficient (Wildman–Crippen LogP) is 2.46. The topological polar surface area (TPSA) is 58.8 Å². The number of rotatable bonds is 2. The third kappa shape index (κ3) is 3.80. The zero-order valence-corrected chi connectivity index (χ0v) is 16.4. The molecular formula is C21H29F2N3O2. The van der Waals surface area contributed by atoms with Crippen LogP contribution >= 0.6 is 0 Å². The lowest BCUT2D eigenvalue weighted by Crippen LogP contribution is -2.53. The average Bonchev–Trinajstić information content (AvgIpc) is 3.08. The summed E-state index contributed by atoms with van der Waals surface area (Å²) < 4.78 is 33.5. The van der Waals surface area contributed by atoms with E-state index in [1.54, 1.807) is 6.92 Å². The third-order valence-corrected chi connectivity index (χ3v) is 6.92. The molecular weight excluding hydrogens is 364 g/mol. The number of carbonyl (C=O) groups is 1. The van der Waals surface area contributed by atoms with E-state index in [2.05, 4.69) is 4.90 Å². The van der Waals surface area contributed by atoms with Crippen molar-refractivity contribution in [2.24, 2.45) is 11.1 Å². The van der Waals surface area contributed by atoms with Crippen molar-refractivity contribution in [2.45, 2.75) is 50.8 Å². The summed E-state index contributed by atoms with van der Waals surface area (Å²) in [6, 6.07) is 3.25. The van der Waals surface area contributed by atoms with Crippen molar-refractivity contribution in [3.63, 3.8) is 0 Å². The number of carbonyl (C=O) groups excluding carboxylic acids is 1. The van der Waals surface area contributed by atoms with Gasteiger partial charge in [0.05, 0.1) is 6.61 Å². The smallest absolute Gasteiger partial charge is 0.219 e. The fourth-order valence-corrected chi connectivity index (χ4v) is 5.13. The maximum absolute atomic E-state index is 14.1. The van der Waals surface area contributed by atoms with E-state index in [0.29, 0.717) is 13.0 Å². The van der Waals surface area contributed by atoms with Gasteiger partial charge in [-0.05, 0) is 62.4 Å². The van der Waals surface area contributed by atoms with Crippen LogP contribution in [-0.2, 0) is 9.53 Å². The molecule has 1 spiro atoms. The number of nitrogens with zero attached hydrogens (tertiary/aromatic N) is 2. The van der Waals surface area contributed by atoms with Crippen molar-refractivity contribution < 1.29 is 18.3 Å². The number of hydrogen-bond donors (Lipinski definition) is 1. The summed E-state index contributed by atoms with van der Waals surface area (Å²) >= 11 is 0. The Bertz CT molecular complexity index is 736. The molecule has 0 saturated carbocycles. The largest absolute Gasteiger partial charge is 0.370 e. The number of halogens is 2. The minimum absolute atomic E-state index is 0.168. The Balaban J connectivity index is 1.34. The first-order valence-corrected chi connectivity index (χ1v) is 10.2.